The molecule has 3 aromatic carbocycles. The van der Waals surface area contributed by atoms with Crippen molar-refractivity contribution in [3.8, 4) is 0 Å². The minimum atomic E-state index is -0.230. The van der Waals surface area contributed by atoms with Gasteiger partial charge in [0, 0.05) is 28.4 Å². The summed E-state index contributed by atoms with van der Waals surface area (Å²) in [5.41, 5.74) is 6.13. The number of carbonyl (C=O) groups is 1. The predicted molar refractivity (Wildman–Crippen MR) is 110 cm³/mol. The van der Waals surface area contributed by atoms with Crippen LogP contribution >= 0.6 is 11.6 Å². The zero-order valence-corrected chi connectivity index (χ0v) is 16.1. The Kier molecular flexibility index (Phi) is 4.63. The summed E-state index contributed by atoms with van der Waals surface area (Å²) in [6, 6.07) is 21.7. The average molecular weight is 377 g/mol. The Labute approximate surface area is 164 Å². The lowest BCUT2D eigenvalue weighted by Gasteiger charge is -2.28. The van der Waals surface area contributed by atoms with E-state index in [0.29, 0.717) is 11.6 Å². The average Bonchev–Trinajstić information content (AvgIpc) is 2.92. The topological polar surface area (TPSA) is 32.3 Å². The third-order valence-electron chi connectivity index (χ3n) is 5.17. The molecule has 0 unspecified atom stereocenters. The Morgan fingerprint density at radius 2 is 1.70 bits per heavy atom. The second kappa shape index (κ2) is 7.09. The van der Waals surface area contributed by atoms with Gasteiger partial charge in [0.15, 0.2) is 0 Å². The number of nitrogens with zero attached hydrogens (tertiary/aromatic N) is 1. The monoisotopic (exact) mass is 376 g/mol. The third-order valence-corrected chi connectivity index (χ3v) is 5.54. The number of nitrogens with one attached hydrogen (secondary N) is 1. The van der Waals surface area contributed by atoms with Crippen molar-refractivity contribution in [3.63, 3.8) is 0 Å². The van der Waals surface area contributed by atoms with Gasteiger partial charge in [0.05, 0.1) is 0 Å². The molecule has 4 heteroatoms. The normalized spacial score (nSPS) is 15.7. The van der Waals surface area contributed by atoms with E-state index in [4.69, 9.17) is 11.6 Å². The van der Waals surface area contributed by atoms with Gasteiger partial charge in [0.2, 0.25) is 0 Å². The van der Waals surface area contributed by atoms with Crippen LogP contribution in [-0.2, 0) is 6.54 Å². The summed E-state index contributed by atoms with van der Waals surface area (Å²) in [5, 5.41) is 4.22. The summed E-state index contributed by atoms with van der Waals surface area (Å²) in [6.45, 7) is 4.64. The highest BCUT2D eigenvalue weighted by Crippen LogP contribution is 2.36. The van der Waals surface area contributed by atoms with E-state index in [9.17, 15) is 4.79 Å². The fourth-order valence-electron chi connectivity index (χ4n) is 3.49. The van der Waals surface area contributed by atoms with Gasteiger partial charge < -0.3 is 10.2 Å². The molecule has 0 aromatic heterocycles. The Bertz CT molecular complexity index is 1010. The number of hydrogen-bond acceptors (Lipinski definition) is 2. The molecule has 3 nitrogen and oxygen atoms in total. The first kappa shape index (κ1) is 17.6. The van der Waals surface area contributed by atoms with Crippen LogP contribution in [-0.4, -0.2) is 10.8 Å². The summed E-state index contributed by atoms with van der Waals surface area (Å²) in [6.07, 6.45) is -0.230. The largest absolute Gasteiger partial charge is 0.361 e. The predicted octanol–water partition coefficient (Wildman–Crippen LogP) is 5.72. The van der Waals surface area contributed by atoms with Gasteiger partial charge >= 0.3 is 0 Å². The number of aryl methyl sites for hydroxylation is 2. The van der Waals surface area contributed by atoms with E-state index >= 15 is 0 Å². The first-order valence-electron chi connectivity index (χ1n) is 9.01. The maximum atomic E-state index is 13.1. The number of benzene rings is 3. The zero-order valence-electron chi connectivity index (χ0n) is 15.4. The van der Waals surface area contributed by atoms with Crippen LogP contribution in [0.15, 0.2) is 66.7 Å². The molecule has 0 aliphatic carbocycles. The number of hydrogen-bond donors (Lipinski definition) is 1. The SMILES string of the molecule is Cc1ccc(N[C@H]2c3ccccc3C(=O)N2Cc2ccccc2Cl)cc1C. The standard InChI is InChI=1S/C23H21ClN2O/c1-15-11-12-18(13-16(15)2)25-22-19-8-4-5-9-20(19)23(27)26(22)14-17-7-3-6-10-21(17)24/h3-13,22,25H,14H2,1-2H3/t22-/m1/s1. The zero-order chi connectivity index (χ0) is 19.0. The van der Waals surface area contributed by atoms with Crippen LogP contribution in [0.3, 0.4) is 0 Å². The van der Waals surface area contributed by atoms with E-state index in [0.717, 1.165) is 22.4 Å². The Morgan fingerprint density at radius 3 is 2.48 bits per heavy atom. The molecule has 1 aliphatic heterocycles. The maximum Gasteiger partial charge on any atom is 0.256 e. The second-order valence-electron chi connectivity index (χ2n) is 6.96. The number of carbonyl (C=O) groups excluding carboxylic acids is 1. The van der Waals surface area contributed by atoms with Crippen molar-refractivity contribution >= 4 is 23.2 Å². The first-order valence-corrected chi connectivity index (χ1v) is 9.39. The minimum absolute atomic E-state index is 0.0202. The van der Waals surface area contributed by atoms with Crippen molar-refractivity contribution in [3.05, 3.63) is 99.6 Å². The van der Waals surface area contributed by atoms with E-state index in [1.807, 2.05) is 53.4 Å². The van der Waals surface area contributed by atoms with E-state index in [-0.39, 0.29) is 12.1 Å². The second-order valence-corrected chi connectivity index (χ2v) is 7.36. The maximum absolute atomic E-state index is 13.1. The highest BCUT2D eigenvalue weighted by molar-refractivity contribution is 6.31. The van der Waals surface area contributed by atoms with Crippen LogP contribution in [0.2, 0.25) is 5.02 Å². The lowest BCUT2D eigenvalue weighted by Crippen LogP contribution is -2.32. The van der Waals surface area contributed by atoms with Crippen molar-refractivity contribution in [1.82, 2.24) is 4.90 Å². The molecule has 0 spiro atoms. The van der Waals surface area contributed by atoms with Gasteiger partial charge in [0.25, 0.3) is 5.91 Å². The van der Waals surface area contributed by atoms with E-state index < -0.39 is 0 Å². The molecule has 0 bridgehead atoms. The summed E-state index contributed by atoms with van der Waals surface area (Å²) >= 11 is 6.35. The van der Waals surface area contributed by atoms with Crippen LogP contribution < -0.4 is 5.32 Å². The summed E-state index contributed by atoms with van der Waals surface area (Å²) in [4.78, 5) is 14.9. The van der Waals surface area contributed by atoms with Crippen molar-refractivity contribution in [2.45, 2.75) is 26.6 Å². The van der Waals surface area contributed by atoms with Crippen LogP contribution in [0.25, 0.3) is 0 Å². The fraction of sp³-hybridized carbons (Fsp3) is 0.174. The molecular weight excluding hydrogens is 356 g/mol. The summed E-state index contributed by atoms with van der Waals surface area (Å²) in [7, 11) is 0. The number of fused-ring (bicyclic) bond motifs is 1. The number of amides is 1. The van der Waals surface area contributed by atoms with Gasteiger partial charge in [-0.2, -0.15) is 0 Å². The molecule has 136 valence electrons. The molecule has 1 heterocycles. The van der Waals surface area contributed by atoms with E-state index in [2.05, 4.69) is 37.4 Å². The molecule has 1 N–H and O–H groups in total. The molecule has 0 saturated carbocycles. The van der Waals surface area contributed by atoms with Crippen LogP contribution in [0, 0.1) is 13.8 Å². The van der Waals surface area contributed by atoms with Gasteiger partial charge in [-0.3, -0.25) is 4.79 Å². The van der Waals surface area contributed by atoms with Crippen molar-refractivity contribution in [2.75, 3.05) is 5.32 Å². The molecule has 4 rings (SSSR count). The highest BCUT2D eigenvalue weighted by atomic mass is 35.5. The molecule has 0 radical (unpaired) electrons. The van der Waals surface area contributed by atoms with Crippen LogP contribution in [0.5, 0.6) is 0 Å². The smallest absolute Gasteiger partial charge is 0.256 e. The summed E-state index contributed by atoms with van der Waals surface area (Å²) < 4.78 is 0. The fourth-order valence-corrected chi connectivity index (χ4v) is 3.68. The molecule has 1 amide bonds. The van der Waals surface area contributed by atoms with Gasteiger partial charge in [-0.15, -0.1) is 0 Å². The first-order chi connectivity index (χ1) is 13.0. The van der Waals surface area contributed by atoms with Crippen molar-refractivity contribution in [2.24, 2.45) is 0 Å². The molecule has 27 heavy (non-hydrogen) atoms. The molecule has 0 fully saturated rings. The quantitative estimate of drug-likeness (QED) is 0.631. The Balaban J connectivity index is 1.71. The molecule has 1 atom stereocenters. The van der Waals surface area contributed by atoms with Gasteiger partial charge in [-0.25, -0.2) is 0 Å². The number of rotatable bonds is 4. The third kappa shape index (κ3) is 3.31. The molecule has 0 saturated heterocycles. The van der Waals surface area contributed by atoms with E-state index in [1.165, 1.54) is 11.1 Å². The Hall–Kier alpha value is -2.78. The highest BCUT2D eigenvalue weighted by Gasteiger charge is 2.36. The van der Waals surface area contributed by atoms with Gasteiger partial charge in [-0.05, 0) is 54.8 Å². The summed E-state index contributed by atoms with van der Waals surface area (Å²) in [5.74, 6) is 0.0202. The van der Waals surface area contributed by atoms with Crippen molar-refractivity contribution in [1.29, 1.82) is 0 Å². The van der Waals surface area contributed by atoms with Crippen molar-refractivity contribution < 1.29 is 4.79 Å². The van der Waals surface area contributed by atoms with Gasteiger partial charge in [-0.1, -0.05) is 54.1 Å². The molecule has 3 aromatic rings. The number of halogens is 1. The molecular formula is C23H21ClN2O. The van der Waals surface area contributed by atoms with Crippen LogP contribution in [0.4, 0.5) is 5.69 Å². The Morgan fingerprint density at radius 1 is 0.963 bits per heavy atom. The van der Waals surface area contributed by atoms with Crippen LogP contribution in [0.1, 0.15) is 38.8 Å². The van der Waals surface area contributed by atoms with Gasteiger partial charge in [0.1, 0.15) is 6.17 Å². The molecule has 1 aliphatic rings. The minimum Gasteiger partial charge on any atom is -0.361 e. The lowest BCUT2D eigenvalue weighted by molar-refractivity contribution is 0.0729. The van der Waals surface area contributed by atoms with E-state index in [1.54, 1.807) is 0 Å². The lowest BCUT2D eigenvalue weighted by atomic mass is 10.1. The number of anilines is 1.